The van der Waals surface area contributed by atoms with Crippen molar-refractivity contribution in [3.8, 4) is 6.07 Å². The Morgan fingerprint density at radius 1 is 1.10 bits per heavy atom. The van der Waals surface area contributed by atoms with Gasteiger partial charge < -0.3 is 9.64 Å². The SMILES string of the molecule is C/C(=C\c1c(C)cc(C#N)cc1C)Cc1c(C)ccc(C(=O)N2CCOCC2)c1C. The lowest BCUT2D eigenvalue weighted by molar-refractivity contribution is 0.0302. The van der Waals surface area contributed by atoms with Crippen LogP contribution in [-0.4, -0.2) is 37.1 Å². The fraction of sp³-hybridized carbons (Fsp3) is 0.385. The summed E-state index contributed by atoms with van der Waals surface area (Å²) in [6.07, 6.45) is 3.00. The number of ether oxygens (including phenoxy) is 1. The molecular weight excluding hydrogens is 372 g/mol. The zero-order chi connectivity index (χ0) is 21.8. The van der Waals surface area contributed by atoms with Crippen LogP contribution in [0.25, 0.3) is 6.08 Å². The van der Waals surface area contributed by atoms with Crippen LogP contribution in [0.4, 0.5) is 0 Å². The Morgan fingerprint density at radius 2 is 1.73 bits per heavy atom. The first kappa shape index (κ1) is 21.8. The number of hydrogen-bond donors (Lipinski definition) is 0. The molecular formula is C26H30N2O2. The number of nitrogens with zero attached hydrogens (tertiary/aromatic N) is 2. The van der Waals surface area contributed by atoms with Crippen molar-refractivity contribution in [2.45, 2.75) is 41.0 Å². The van der Waals surface area contributed by atoms with Gasteiger partial charge in [0.2, 0.25) is 0 Å². The topological polar surface area (TPSA) is 53.3 Å². The molecule has 30 heavy (non-hydrogen) atoms. The minimum atomic E-state index is 0.0949. The molecule has 0 saturated carbocycles. The predicted molar refractivity (Wildman–Crippen MR) is 121 cm³/mol. The fourth-order valence-electron chi connectivity index (χ4n) is 4.18. The maximum atomic E-state index is 13.0. The van der Waals surface area contributed by atoms with Crippen LogP contribution in [-0.2, 0) is 11.2 Å². The van der Waals surface area contributed by atoms with Gasteiger partial charge in [0.05, 0.1) is 24.8 Å². The van der Waals surface area contributed by atoms with Crippen molar-refractivity contribution in [3.63, 3.8) is 0 Å². The first-order valence-electron chi connectivity index (χ1n) is 10.5. The molecule has 2 aromatic rings. The third-order valence-electron chi connectivity index (χ3n) is 5.93. The summed E-state index contributed by atoms with van der Waals surface area (Å²) >= 11 is 0. The van der Waals surface area contributed by atoms with E-state index in [1.54, 1.807) is 0 Å². The number of hydrogen-bond acceptors (Lipinski definition) is 3. The van der Waals surface area contributed by atoms with Gasteiger partial charge in [-0.25, -0.2) is 0 Å². The summed E-state index contributed by atoms with van der Waals surface area (Å²) in [6.45, 7) is 12.9. The van der Waals surface area contributed by atoms with Crippen molar-refractivity contribution >= 4 is 12.0 Å². The summed E-state index contributed by atoms with van der Waals surface area (Å²) in [7, 11) is 0. The zero-order valence-corrected chi connectivity index (χ0v) is 18.6. The van der Waals surface area contributed by atoms with E-state index in [1.165, 1.54) is 22.3 Å². The predicted octanol–water partition coefficient (Wildman–Crippen LogP) is 4.91. The van der Waals surface area contributed by atoms with Gasteiger partial charge >= 0.3 is 0 Å². The molecule has 0 bridgehead atoms. The van der Waals surface area contributed by atoms with Crippen LogP contribution in [0.3, 0.4) is 0 Å². The van der Waals surface area contributed by atoms with Crippen LogP contribution in [0.15, 0.2) is 29.8 Å². The minimum absolute atomic E-state index is 0.0949. The largest absolute Gasteiger partial charge is 0.378 e. The molecule has 1 aliphatic rings. The summed E-state index contributed by atoms with van der Waals surface area (Å²) in [5, 5.41) is 9.18. The Labute approximate surface area is 179 Å². The van der Waals surface area contributed by atoms with Gasteiger partial charge in [0.25, 0.3) is 5.91 Å². The fourth-order valence-corrected chi connectivity index (χ4v) is 4.18. The highest BCUT2D eigenvalue weighted by atomic mass is 16.5. The molecule has 3 rings (SSSR count). The molecule has 4 nitrogen and oxygen atoms in total. The molecule has 1 fully saturated rings. The van der Waals surface area contributed by atoms with Crippen molar-refractivity contribution in [2.24, 2.45) is 0 Å². The van der Waals surface area contributed by atoms with Gasteiger partial charge in [-0.3, -0.25) is 4.79 Å². The molecule has 0 radical (unpaired) electrons. The van der Waals surface area contributed by atoms with E-state index in [1.807, 2.05) is 36.9 Å². The van der Waals surface area contributed by atoms with Crippen LogP contribution in [0.1, 0.15) is 56.2 Å². The normalized spacial score (nSPS) is 14.5. The van der Waals surface area contributed by atoms with Crippen molar-refractivity contribution in [1.29, 1.82) is 5.26 Å². The van der Waals surface area contributed by atoms with Crippen LogP contribution >= 0.6 is 0 Å². The van der Waals surface area contributed by atoms with E-state index in [4.69, 9.17) is 4.74 Å². The highest BCUT2D eigenvalue weighted by Gasteiger charge is 2.21. The van der Waals surface area contributed by atoms with E-state index in [9.17, 15) is 10.1 Å². The number of morpholine rings is 1. The van der Waals surface area contributed by atoms with Crippen LogP contribution in [0, 0.1) is 39.0 Å². The standard InChI is InChI=1S/C26H30N2O2/c1-17(12-24-19(3)14-22(16-27)15-20(24)4)13-25-18(2)6-7-23(21(25)5)26(29)28-8-10-30-11-9-28/h6-7,12,14-15H,8-11,13H2,1-5H3/b17-12+. The first-order valence-corrected chi connectivity index (χ1v) is 10.5. The quantitative estimate of drug-likeness (QED) is 0.730. The molecule has 1 saturated heterocycles. The zero-order valence-electron chi connectivity index (χ0n) is 18.6. The van der Waals surface area contributed by atoms with Gasteiger partial charge in [0.15, 0.2) is 0 Å². The van der Waals surface area contributed by atoms with E-state index in [0.717, 1.165) is 28.7 Å². The van der Waals surface area contributed by atoms with E-state index in [0.29, 0.717) is 31.9 Å². The number of aryl methyl sites for hydroxylation is 3. The van der Waals surface area contributed by atoms with Gasteiger partial charge in [-0.1, -0.05) is 17.7 Å². The highest BCUT2D eigenvalue weighted by Crippen LogP contribution is 2.25. The van der Waals surface area contributed by atoms with Crippen LogP contribution in [0.5, 0.6) is 0 Å². The molecule has 1 heterocycles. The Hall–Kier alpha value is -2.90. The minimum Gasteiger partial charge on any atom is -0.378 e. The molecule has 0 unspecified atom stereocenters. The number of rotatable bonds is 4. The number of amides is 1. The van der Waals surface area contributed by atoms with Crippen molar-refractivity contribution in [1.82, 2.24) is 4.90 Å². The lowest BCUT2D eigenvalue weighted by Crippen LogP contribution is -2.41. The molecule has 0 aromatic heterocycles. The second kappa shape index (κ2) is 9.28. The van der Waals surface area contributed by atoms with E-state index < -0.39 is 0 Å². The molecule has 0 aliphatic carbocycles. The van der Waals surface area contributed by atoms with Gasteiger partial charge in [-0.15, -0.1) is 0 Å². The second-order valence-corrected chi connectivity index (χ2v) is 8.24. The molecule has 2 aromatic carbocycles. The summed E-state index contributed by atoms with van der Waals surface area (Å²) in [5.74, 6) is 0.0949. The molecule has 0 N–H and O–H groups in total. The Bertz CT molecular complexity index is 1010. The number of benzene rings is 2. The maximum absolute atomic E-state index is 13.0. The molecule has 1 aliphatic heterocycles. The van der Waals surface area contributed by atoms with E-state index in [2.05, 4.69) is 39.0 Å². The summed E-state index contributed by atoms with van der Waals surface area (Å²) in [6, 6.07) is 10.1. The number of nitriles is 1. The monoisotopic (exact) mass is 402 g/mol. The van der Waals surface area contributed by atoms with Gasteiger partial charge in [-0.2, -0.15) is 5.26 Å². The van der Waals surface area contributed by atoms with Crippen LogP contribution < -0.4 is 0 Å². The molecule has 156 valence electrons. The maximum Gasteiger partial charge on any atom is 0.254 e. The smallest absolute Gasteiger partial charge is 0.254 e. The third kappa shape index (κ3) is 4.63. The van der Waals surface area contributed by atoms with Gasteiger partial charge in [0.1, 0.15) is 0 Å². The average molecular weight is 403 g/mol. The van der Waals surface area contributed by atoms with Gasteiger partial charge in [-0.05, 0) is 92.6 Å². The van der Waals surface area contributed by atoms with Crippen molar-refractivity contribution in [3.05, 3.63) is 74.3 Å². The van der Waals surface area contributed by atoms with E-state index >= 15 is 0 Å². The lowest BCUT2D eigenvalue weighted by atomic mass is 9.91. The number of allylic oxidation sites excluding steroid dienone is 1. The molecule has 0 atom stereocenters. The Kier molecular flexibility index (Phi) is 6.74. The average Bonchev–Trinajstić information content (AvgIpc) is 2.73. The Morgan fingerprint density at radius 3 is 2.33 bits per heavy atom. The highest BCUT2D eigenvalue weighted by molar-refractivity contribution is 5.96. The van der Waals surface area contributed by atoms with Crippen molar-refractivity contribution in [2.75, 3.05) is 26.3 Å². The molecule has 1 amide bonds. The van der Waals surface area contributed by atoms with Crippen LogP contribution in [0.2, 0.25) is 0 Å². The summed E-state index contributed by atoms with van der Waals surface area (Å²) in [4.78, 5) is 14.9. The summed E-state index contributed by atoms with van der Waals surface area (Å²) < 4.78 is 5.38. The summed E-state index contributed by atoms with van der Waals surface area (Å²) in [5.41, 5.74) is 9.57. The third-order valence-corrected chi connectivity index (χ3v) is 5.93. The second-order valence-electron chi connectivity index (χ2n) is 8.24. The Balaban J connectivity index is 1.90. The molecule has 4 heteroatoms. The first-order chi connectivity index (χ1) is 14.3. The van der Waals surface area contributed by atoms with E-state index in [-0.39, 0.29) is 5.91 Å². The van der Waals surface area contributed by atoms with Crippen molar-refractivity contribution < 1.29 is 9.53 Å². The number of carbonyl (C=O) groups is 1. The lowest BCUT2D eigenvalue weighted by Gasteiger charge is -2.28. The molecule has 0 spiro atoms. The number of carbonyl (C=O) groups excluding carboxylic acids is 1. The van der Waals surface area contributed by atoms with Gasteiger partial charge in [0, 0.05) is 18.7 Å².